The van der Waals surface area contributed by atoms with Gasteiger partial charge in [-0.15, -0.1) is 0 Å². The van der Waals surface area contributed by atoms with E-state index in [1.165, 1.54) is 29.2 Å². The number of sulfonamides is 1. The van der Waals surface area contributed by atoms with Crippen LogP contribution in [0.1, 0.15) is 37.0 Å². The summed E-state index contributed by atoms with van der Waals surface area (Å²) >= 11 is 3.48. The number of carbonyl (C=O) groups is 2. The molecule has 0 heterocycles. The van der Waals surface area contributed by atoms with Gasteiger partial charge in [0.05, 0.1) is 10.6 Å². The van der Waals surface area contributed by atoms with Crippen molar-refractivity contribution in [1.29, 1.82) is 0 Å². The third-order valence-corrected chi connectivity index (χ3v) is 9.80. The number of carbonyl (C=O) groups excluding carboxylic acids is 2. The highest BCUT2D eigenvalue weighted by atomic mass is 79.9. The molecular formula is C35H37BrFN3O4S. The van der Waals surface area contributed by atoms with Crippen LogP contribution in [0.3, 0.4) is 0 Å². The molecular weight excluding hydrogens is 657 g/mol. The van der Waals surface area contributed by atoms with Crippen molar-refractivity contribution < 1.29 is 22.4 Å². The van der Waals surface area contributed by atoms with E-state index < -0.39 is 34.3 Å². The standard InChI is InChI=1S/C35H37BrFN3O4S/c1-4-26(3)38-35(42)33(22-27-9-6-5-7-10-27)39(23-28-11-8-12-29(36)21-28)34(41)24-40(31-17-15-30(37)16-18-31)45(43,44)32-19-13-25(2)14-20-32/h5-21,26,33H,4,22-24H2,1-3H3,(H,38,42)/t26-,33-/m0/s1. The molecule has 10 heteroatoms. The molecule has 236 valence electrons. The van der Waals surface area contributed by atoms with Crippen LogP contribution in [0, 0.1) is 12.7 Å². The van der Waals surface area contributed by atoms with Gasteiger partial charge in [-0.3, -0.25) is 13.9 Å². The molecule has 0 aromatic heterocycles. The molecule has 4 aromatic rings. The van der Waals surface area contributed by atoms with Gasteiger partial charge >= 0.3 is 0 Å². The first-order chi connectivity index (χ1) is 21.5. The predicted octanol–water partition coefficient (Wildman–Crippen LogP) is 6.65. The van der Waals surface area contributed by atoms with E-state index in [0.717, 1.165) is 37.6 Å². The minimum atomic E-state index is -4.26. The number of hydrogen-bond acceptors (Lipinski definition) is 4. The fraction of sp³-hybridized carbons (Fsp3) is 0.257. The highest BCUT2D eigenvalue weighted by molar-refractivity contribution is 9.10. The Morgan fingerprint density at radius 3 is 2.16 bits per heavy atom. The first-order valence-corrected chi connectivity index (χ1v) is 16.9. The molecule has 0 bridgehead atoms. The molecule has 0 fully saturated rings. The Bertz CT molecular complexity index is 1700. The van der Waals surface area contributed by atoms with Gasteiger partial charge < -0.3 is 10.2 Å². The summed E-state index contributed by atoms with van der Waals surface area (Å²) in [5, 5.41) is 3.02. The van der Waals surface area contributed by atoms with Gasteiger partial charge in [0, 0.05) is 23.5 Å². The molecule has 0 unspecified atom stereocenters. The molecule has 0 aliphatic rings. The van der Waals surface area contributed by atoms with Crippen molar-refractivity contribution in [2.24, 2.45) is 0 Å². The average molecular weight is 695 g/mol. The Morgan fingerprint density at radius 2 is 1.53 bits per heavy atom. The van der Waals surface area contributed by atoms with Crippen molar-refractivity contribution in [3.63, 3.8) is 0 Å². The summed E-state index contributed by atoms with van der Waals surface area (Å²) in [6, 6.07) is 26.9. The molecule has 0 radical (unpaired) electrons. The number of halogens is 2. The molecule has 45 heavy (non-hydrogen) atoms. The largest absolute Gasteiger partial charge is 0.352 e. The fourth-order valence-electron chi connectivity index (χ4n) is 4.80. The number of aryl methyl sites for hydroxylation is 1. The van der Waals surface area contributed by atoms with Crippen molar-refractivity contribution in [2.75, 3.05) is 10.8 Å². The molecule has 4 rings (SSSR count). The number of rotatable bonds is 13. The second-order valence-electron chi connectivity index (χ2n) is 11.0. The van der Waals surface area contributed by atoms with Gasteiger partial charge in [-0.25, -0.2) is 12.8 Å². The predicted molar refractivity (Wildman–Crippen MR) is 179 cm³/mol. The molecule has 0 aliphatic heterocycles. The summed E-state index contributed by atoms with van der Waals surface area (Å²) in [7, 11) is -4.26. The smallest absolute Gasteiger partial charge is 0.264 e. The van der Waals surface area contributed by atoms with Crippen LogP contribution >= 0.6 is 15.9 Å². The fourth-order valence-corrected chi connectivity index (χ4v) is 6.66. The minimum Gasteiger partial charge on any atom is -0.352 e. The van der Waals surface area contributed by atoms with Gasteiger partial charge in [-0.2, -0.15) is 0 Å². The first kappa shape index (κ1) is 33.9. The average Bonchev–Trinajstić information content (AvgIpc) is 3.02. The van der Waals surface area contributed by atoms with E-state index in [4.69, 9.17) is 0 Å². The van der Waals surface area contributed by atoms with E-state index in [9.17, 15) is 22.4 Å². The second kappa shape index (κ2) is 15.3. The van der Waals surface area contributed by atoms with E-state index in [1.54, 1.807) is 12.1 Å². The zero-order valence-corrected chi connectivity index (χ0v) is 27.9. The maximum atomic E-state index is 14.5. The summed E-state index contributed by atoms with van der Waals surface area (Å²) < 4.78 is 43.8. The van der Waals surface area contributed by atoms with E-state index >= 15 is 0 Å². The molecule has 2 atom stereocenters. The highest BCUT2D eigenvalue weighted by Crippen LogP contribution is 2.26. The first-order valence-electron chi connectivity index (χ1n) is 14.7. The molecule has 2 amide bonds. The Labute approximate surface area is 273 Å². The lowest BCUT2D eigenvalue weighted by molar-refractivity contribution is -0.140. The number of hydrogen-bond donors (Lipinski definition) is 1. The van der Waals surface area contributed by atoms with Crippen LogP contribution < -0.4 is 9.62 Å². The normalized spacial score (nSPS) is 12.6. The number of nitrogens with zero attached hydrogens (tertiary/aromatic N) is 2. The van der Waals surface area contributed by atoms with Gasteiger partial charge in [-0.1, -0.05) is 83.0 Å². The molecule has 0 saturated heterocycles. The van der Waals surface area contributed by atoms with Crippen LogP contribution in [-0.4, -0.2) is 43.8 Å². The van der Waals surface area contributed by atoms with E-state index in [0.29, 0.717) is 6.42 Å². The number of nitrogens with one attached hydrogen (secondary N) is 1. The monoisotopic (exact) mass is 693 g/mol. The van der Waals surface area contributed by atoms with Crippen LogP contribution in [0.15, 0.2) is 112 Å². The van der Waals surface area contributed by atoms with Gasteiger partial charge in [0.1, 0.15) is 18.4 Å². The number of amides is 2. The SMILES string of the molecule is CC[C@H](C)NC(=O)[C@H](Cc1ccccc1)N(Cc1cccc(Br)c1)C(=O)CN(c1ccc(F)cc1)S(=O)(=O)c1ccc(C)cc1. The zero-order chi connectivity index (χ0) is 32.6. The van der Waals surface area contributed by atoms with Gasteiger partial charge in [-0.05, 0) is 79.9 Å². The number of benzene rings is 4. The van der Waals surface area contributed by atoms with Crippen molar-refractivity contribution >= 4 is 43.5 Å². The Balaban J connectivity index is 1.80. The molecule has 7 nitrogen and oxygen atoms in total. The Kier molecular flexibility index (Phi) is 11.5. The molecule has 0 saturated carbocycles. The van der Waals surface area contributed by atoms with E-state index in [1.807, 2.05) is 75.4 Å². The van der Waals surface area contributed by atoms with E-state index in [2.05, 4.69) is 21.2 Å². The topological polar surface area (TPSA) is 86.8 Å². The summed E-state index contributed by atoms with van der Waals surface area (Å²) in [6.07, 6.45) is 0.903. The lowest BCUT2D eigenvalue weighted by Crippen LogP contribution is -2.54. The van der Waals surface area contributed by atoms with Crippen molar-refractivity contribution in [3.8, 4) is 0 Å². The molecule has 1 N–H and O–H groups in total. The van der Waals surface area contributed by atoms with Crippen LogP contribution in [0.25, 0.3) is 0 Å². The third-order valence-electron chi connectivity index (χ3n) is 7.52. The molecule has 4 aromatic carbocycles. The van der Waals surface area contributed by atoms with Crippen molar-refractivity contribution in [1.82, 2.24) is 10.2 Å². The quantitative estimate of drug-likeness (QED) is 0.170. The summed E-state index contributed by atoms with van der Waals surface area (Å²) in [6.45, 7) is 5.12. The van der Waals surface area contributed by atoms with Crippen molar-refractivity contribution in [3.05, 3.63) is 130 Å². The summed E-state index contributed by atoms with van der Waals surface area (Å²) in [5.41, 5.74) is 2.59. The minimum absolute atomic E-state index is 0.0147. The van der Waals surface area contributed by atoms with Gasteiger partial charge in [0.15, 0.2) is 0 Å². The van der Waals surface area contributed by atoms with Crippen LogP contribution in [0.5, 0.6) is 0 Å². The molecule has 0 aliphatic carbocycles. The lowest BCUT2D eigenvalue weighted by Gasteiger charge is -2.34. The molecule has 0 spiro atoms. The lowest BCUT2D eigenvalue weighted by atomic mass is 10.0. The van der Waals surface area contributed by atoms with Crippen LogP contribution in [-0.2, 0) is 32.6 Å². The van der Waals surface area contributed by atoms with Crippen LogP contribution in [0.2, 0.25) is 0 Å². The maximum absolute atomic E-state index is 14.5. The summed E-state index contributed by atoms with van der Waals surface area (Å²) in [5.74, 6) is -1.47. The Hall–Kier alpha value is -4.02. The maximum Gasteiger partial charge on any atom is 0.264 e. The highest BCUT2D eigenvalue weighted by Gasteiger charge is 2.35. The van der Waals surface area contributed by atoms with Crippen LogP contribution in [0.4, 0.5) is 10.1 Å². The van der Waals surface area contributed by atoms with E-state index in [-0.39, 0.29) is 35.5 Å². The Morgan fingerprint density at radius 1 is 0.889 bits per heavy atom. The van der Waals surface area contributed by atoms with Crippen molar-refractivity contribution in [2.45, 2.75) is 57.1 Å². The zero-order valence-electron chi connectivity index (χ0n) is 25.5. The van der Waals surface area contributed by atoms with Gasteiger partial charge in [0.25, 0.3) is 10.0 Å². The number of anilines is 1. The van der Waals surface area contributed by atoms with Gasteiger partial charge in [0.2, 0.25) is 11.8 Å². The second-order valence-corrected chi connectivity index (χ2v) is 13.8. The third kappa shape index (κ3) is 9.02. The summed E-state index contributed by atoms with van der Waals surface area (Å²) in [4.78, 5) is 29.8.